The number of nitrogen functional groups attached to an aromatic ring is 1. The Kier molecular flexibility index (Phi) is 5.74. The van der Waals surface area contributed by atoms with E-state index in [1.165, 1.54) is 44.1 Å². The quantitative estimate of drug-likeness (QED) is 0.664. The van der Waals surface area contributed by atoms with Crippen LogP contribution in [0.5, 0.6) is 0 Å². The zero-order valence-electron chi connectivity index (χ0n) is 15.3. The SMILES string of the molecule is CC(C)c1ccc(Nc2ncnc(NC3CCCCCC3)c2N)cc1. The van der Waals surface area contributed by atoms with E-state index in [1.807, 2.05) is 0 Å². The highest BCUT2D eigenvalue weighted by Crippen LogP contribution is 2.29. The maximum Gasteiger partial charge on any atom is 0.159 e. The molecule has 0 radical (unpaired) electrons. The predicted octanol–water partition coefficient (Wildman–Crippen LogP) is 5.06. The molecule has 0 unspecified atom stereocenters. The van der Waals surface area contributed by atoms with Gasteiger partial charge < -0.3 is 16.4 Å². The Morgan fingerprint density at radius 2 is 1.60 bits per heavy atom. The molecule has 1 saturated carbocycles. The zero-order chi connectivity index (χ0) is 17.6. The summed E-state index contributed by atoms with van der Waals surface area (Å²) in [5.41, 5.74) is 9.20. The summed E-state index contributed by atoms with van der Waals surface area (Å²) >= 11 is 0. The molecule has 0 saturated heterocycles. The molecule has 5 nitrogen and oxygen atoms in total. The molecule has 0 atom stereocenters. The van der Waals surface area contributed by atoms with Crippen molar-refractivity contribution in [3.63, 3.8) is 0 Å². The Bertz CT molecular complexity index is 673. The largest absolute Gasteiger partial charge is 0.393 e. The molecule has 1 aromatic carbocycles. The average Bonchev–Trinajstić information content (AvgIpc) is 2.87. The fourth-order valence-corrected chi connectivity index (χ4v) is 3.32. The van der Waals surface area contributed by atoms with Crippen LogP contribution in [0.2, 0.25) is 0 Å². The molecule has 1 heterocycles. The standard InChI is InChI=1S/C20H29N5/c1-14(2)15-9-11-17(12-10-15)25-20-18(21)19(22-13-23-20)24-16-7-5-3-4-6-8-16/h9-14,16H,3-8,21H2,1-2H3,(H2,22,23,24,25). The second-order valence-electron chi connectivity index (χ2n) is 7.22. The van der Waals surface area contributed by atoms with Crippen molar-refractivity contribution in [2.75, 3.05) is 16.4 Å². The van der Waals surface area contributed by atoms with Gasteiger partial charge in [0.1, 0.15) is 12.0 Å². The van der Waals surface area contributed by atoms with Crippen LogP contribution < -0.4 is 16.4 Å². The van der Waals surface area contributed by atoms with Crippen LogP contribution in [0.3, 0.4) is 0 Å². The minimum absolute atomic E-state index is 0.456. The molecule has 0 bridgehead atoms. The number of nitrogens with zero attached hydrogens (tertiary/aromatic N) is 2. The number of hydrogen-bond donors (Lipinski definition) is 3. The van der Waals surface area contributed by atoms with Crippen molar-refractivity contribution in [1.29, 1.82) is 0 Å². The third-order valence-corrected chi connectivity index (χ3v) is 4.92. The Balaban J connectivity index is 1.71. The van der Waals surface area contributed by atoms with E-state index in [4.69, 9.17) is 5.73 Å². The van der Waals surface area contributed by atoms with Gasteiger partial charge >= 0.3 is 0 Å². The molecule has 5 heteroatoms. The number of hydrogen-bond acceptors (Lipinski definition) is 5. The number of benzene rings is 1. The zero-order valence-corrected chi connectivity index (χ0v) is 15.3. The molecule has 1 aromatic heterocycles. The van der Waals surface area contributed by atoms with E-state index in [1.54, 1.807) is 6.33 Å². The lowest BCUT2D eigenvalue weighted by molar-refractivity contribution is 0.618. The van der Waals surface area contributed by atoms with Crippen LogP contribution in [0.1, 0.15) is 63.9 Å². The van der Waals surface area contributed by atoms with Crippen LogP contribution in [-0.2, 0) is 0 Å². The monoisotopic (exact) mass is 339 g/mol. The van der Waals surface area contributed by atoms with Crippen LogP contribution in [0.4, 0.5) is 23.0 Å². The maximum absolute atomic E-state index is 6.32. The van der Waals surface area contributed by atoms with Gasteiger partial charge in [-0.05, 0) is 36.5 Å². The lowest BCUT2D eigenvalue weighted by Crippen LogP contribution is -2.20. The van der Waals surface area contributed by atoms with E-state index in [-0.39, 0.29) is 0 Å². The van der Waals surface area contributed by atoms with E-state index in [0.29, 0.717) is 23.5 Å². The summed E-state index contributed by atoms with van der Waals surface area (Å²) in [7, 11) is 0. The second-order valence-corrected chi connectivity index (χ2v) is 7.22. The molecular weight excluding hydrogens is 310 g/mol. The van der Waals surface area contributed by atoms with Crippen molar-refractivity contribution in [3.05, 3.63) is 36.2 Å². The van der Waals surface area contributed by atoms with Crippen LogP contribution in [-0.4, -0.2) is 16.0 Å². The topological polar surface area (TPSA) is 75.9 Å². The Labute approximate surface area is 150 Å². The fraction of sp³-hybridized carbons (Fsp3) is 0.500. The smallest absolute Gasteiger partial charge is 0.159 e. The van der Waals surface area contributed by atoms with Gasteiger partial charge in [0.2, 0.25) is 0 Å². The molecule has 134 valence electrons. The number of rotatable bonds is 5. The Morgan fingerprint density at radius 1 is 0.960 bits per heavy atom. The number of anilines is 4. The third-order valence-electron chi connectivity index (χ3n) is 4.92. The minimum Gasteiger partial charge on any atom is -0.393 e. The highest BCUT2D eigenvalue weighted by molar-refractivity contribution is 5.77. The Hall–Kier alpha value is -2.30. The van der Waals surface area contributed by atoms with Crippen molar-refractivity contribution in [2.24, 2.45) is 0 Å². The fourth-order valence-electron chi connectivity index (χ4n) is 3.32. The molecule has 0 spiro atoms. The van der Waals surface area contributed by atoms with Crippen LogP contribution in [0.25, 0.3) is 0 Å². The van der Waals surface area contributed by atoms with Crippen LogP contribution >= 0.6 is 0 Å². The van der Waals surface area contributed by atoms with Gasteiger partial charge in [0.05, 0.1) is 0 Å². The first kappa shape index (κ1) is 17.5. The summed E-state index contributed by atoms with van der Waals surface area (Å²) in [4.78, 5) is 8.67. The Morgan fingerprint density at radius 3 is 2.24 bits per heavy atom. The van der Waals surface area contributed by atoms with Gasteiger partial charge in [-0.15, -0.1) is 0 Å². The summed E-state index contributed by atoms with van der Waals surface area (Å²) in [6.07, 6.45) is 9.14. The third kappa shape index (κ3) is 4.62. The van der Waals surface area contributed by atoms with E-state index >= 15 is 0 Å². The van der Waals surface area contributed by atoms with Gasteiger partial charge in [0.15, 0.2) is 11.6 Å². The molecule has 3 rings (SSSR count). The normalized spacial score (nSPS) is 15.8. The molecule has 2 aromatic rings. The molecular formula is C20H29N5. The van der Waals surface area contributed by atoms with Crippen LogP contribution in [0, 0.1) is 0 Å². The summed E-state index contributed by atoms with van der Waals surface area (Å²) in [5, 5.41) is 6.84. The highest BCUT2D eigenvalue weighted by atomic mass is 15.1. The first-order valence-corrected chi connectivity index (χ1v) is 9.37. The number of aromatic nitrogens is 2. The van der Waals surface area contributed by atoms with Gasteiger partial charge in [-0.25, -0.2) is 9.97 Å². The molecule has 0 amide bonds. The van der Waals surface area contributed by atoms with Gasteiger partial charge in [0.25, 0.3) is 0 Å². The summed E-state index contributed by atoms with van der Waals surface area (Å²) in [6, 6.07) is 8.85. The second kappa shape index (κ2) is 8.19. The van der Waals surface area contributed by atoms with E-state index in [2.05, 4.69) is 58.7 Å². The lowest BCUT2D eigenvalue weighted by Gasteiger charge is -2.19. The molecule has 0 aliphatic heterocycles. The molecule has 1 fully saturated rings. The predicted molar refractivity (Wildman–Crippen MR) is 105 cm³/mol. The lowest BCUT2D eigenvalue weighted by atomic mass is 10.0. The molecule has 1 aliphatic rings. The molecule has 25 heavy (non-hydrogen) atoms. The van der Waals surface area contributed by atoms with E-state index < -0.39 is 0 Å². The maximum atomic E-state index is 6.32. The minimum atomic E-state index is 0.456. The van der Waals surface area contributed by atoms with Crippen LogP contribution in [0.15, 0.2) is 30.6 Å². The summed E-state index contributed by atoms with van der Waals surface area (Å²) in [5.74, 6) is 1.92. The number of nitrogens with two attached hydrogens (primary N) is 1. The van der Waals surface area contributed by atoms with Crippen molar-refractivity contribution >= 4 is 23.0 Å². The van der Waals surface area contributed by atoms with E-state index in [9.17, 15) is 0 Å². The highest BCUT2D eigenvalue weighted by Gasteiger charge is 2.15. The molecule has 4 N–H and O–H groups in total. The van der Waals surface area contributed by atoms with Gasteiger partial charge in [-0.3, -0.25) is 0 Å². The summed E-state index contributed by atoms with van der Waals surface area (Å²) < 4.78 is 0. The van der Waals surface area contributed by atoms with Gasteiger partial charge in [-0.1, -0.05) is 51.7 Å². The molecule has 1 aliphatic carbocycles. The van der Waals surface area contributed by atoms with Gasteiger partial charge in [0, 0.05) is 11.7 Å². The first-order valence-electron chi connectivity index (χ1n) is 9.37. The number of nitrogens with one attached hydrogen (secondary N) is 2. The summed E-state index contributed by atoms with van der Waals surface area (Å²) in [6.45, 7) is 4.38. The first-order chi connectivity index (χ1) is 12.1. The van der Waals surface area contributed by atoms with Gasteiger partial charge in [-0.2, -0.15) is 0 Å². The van der Waals surface area contributed by atoms with Crippen molar-refractivity contribution in [2.45, 2.75) is 64.3 Å². The average molecular weight is 339 g/mol. The van der Waals surface area contributed by atoms with Crippen molar-refractivity contribution in [1.82, 2.24) is 9.97 Å². The van der Waals surface area contributed by atoms with Crippen molar-refractivity contribution < 1.29 is 0 Å². The van der Waals surface area contributed by atoms with E-state index in [0.717, 1.165) is 11.5 Å². The van der Waals surface area contributed by atoms with Crippen molar-refractivity contribution in [3.8, 4) is 0 Å².